The Balaban J connectivity index is 1.42. The predicted octanol–water partition coefficient (Wildman–Crippen LogP) is 6.11. The molecule has 12 heteroatoms. The van der Waals surface area contributed by atoms with Crippen molar-refractivity contribution in [3.63, 3.8) is 0 Å². The molecule has 2 unspecified atom stereocenters. The van der Waals surface area contributed by atoms with Gasteiger partial charge in [0.05, 0.1) is 45.9 Å². The van der Waals surface area contributed by atoms with Crippen LogP contribution in [0.25, 0.3) is 22.4 Å². The number of pyridine rings is 1. The van der Waals surface area contributed by atoms with Crippen LogP contribution >= 0.6 is 34.8 Å². The Kier molecular flexibility index (Phi) is 9.45. The summed E-state index contributed by atoms with van der Waals surface area (Å²) in [5.41, 5.74) is 2.59. The van der Waals surface area contributed by atoms with Gasteiger partial charge in [0.15, 0.2) is 0 Å². The summed E-state index contributed by atoms with van der Waals surface area (Å²) in [6, 6.07) is 14.4. The largest absolute Gasteiger partial charge is 0.481 e. The fraction of sp³-hybridized carbons (Fsp3) is 0.267. The molecular formula is C30H28Cl3N5O4. The van der Waals surface area contributed by atoms with Crippen LogP contribution in [-0.2, 0) is 6.54 Å². The summed E-state index contributed by atoms with van der Waals surface area (Å²) in [4.78, 5) is 29.7. The average molecular weight is 629 g/mol. The van der Waals surface area contributed by atoms with E-state index in [9.17, 15) is 14.7 Å². The highest BCUT2D eigenvalue weighted by Crippen LogP contribution is 2.41. The highest BCUT2D eigenvalue weighted by molar-refractivity contribution is 6.40. The Hall–Kier alpha value is -3.47. The molecule has 4 aromatic rings. The molecule has 2 heterocycles. The number of nitrogens with zero attached hydrogens (tertiary/aromatic N) is 2. The van der Waals surface area contributed by atoms with Crippen LogP contribution < -0.4 is 20.9 Å². The molecule has 218 valence electrons. The van der Waals surface area contributed by atoms with Crippen LogP contribution in [-0.4, -0.2) is 45.5 Å². The number of aliphatic hydroxyl groups excluding tert-OH is 1. The van der Waals surface area contributed by atoms with Gasteiger partial charge in [-0.1, -0.05) is 84.0 Å². The van der Waals surface area contributed by atoms with E-state index in [1.54, 1.807) is 25.3 Å². The lowest BCUT2D eigenvalue weighted by Crippen LogP contribution is -2.41. The number of aromatic amines is 1. The number of aromatic nitrogens is 3. The van der Waals surface area contributed by atoms with Crippen molar-refractivity contribution in [3.8, 4) is 28.3 Å². The molecular weight excluding hydrogens is 601 g/mol. The zero-order chi connectivity index (χ0) is 29.8. The van der Waals surface area contributed by atoms with E-state index in [1.165, 1.54) is 6.20 Å². The molecule has 0 bridgehead atoms. The highest BCUT2D eigenvalue weighted by Gasteiger charge is 2.23. The molecule has 1 amide bonds. The molecule has 9 nitrogen and oxygen atoms in total. The summed E-state index contributed by atoms with van der Waals surface area (Å²) in [5, 5.41) is 22.7. The molecule has 2 atom stereocenters. The van der Waals surface area contributed by atoms with Crippen LogP contribution in [0.5, 0.6) is 5.88 Å². The SMILES string of the molecule is COc1nc(-c2cccc(-c3cccc(NC(=O)c4c(Cl)cn[nH]c4=O)c3Cl)c2Cl)ccc1CNC1CCCCC1O. The van der Waals surface area contributed by atoms with Gasteiger partial charge in [-0.05, 0) is 25.0 Å². The van der Waals surface area contributed by atoms with Gasteiger partial charge in [0.2, 0.25) is 5.88 Å². The molecule has 1 fully saturated rings. The molecule has 42 heavy (non-hydrogen) atoms. The smallest absolute Gasteiger partial charge is 0.278 e. The van der Waals surface area contributed by atoms with Gasteiger partial charge in [0.25, 0.3) is 11.5 Å². The lowest BCUT2D eigenvalue weighted by atomic mass is 9.92. The minimum absolute atomic E-state index is 0.0435. The molecule has 5 rings (SSSR count). The van der Waals surface area contributed by atoms with Gasteiger partial charge >= 0.3 is 0 Å². The predicted molar refractivity (Wildman–Crippen MR) is 165 cm³/mol. The number of hydrogen-bond acceptors (Lipinski definition) is 7. The van der Waals surface area contributed by atoms with E-state index in [-0.39, 0.29) is 33.4 Å². The maximum absolute atomic E-state index is 12.8. The van der Waals surface area contributed by atoms with Crippen molar-refractivity contribution in [3.05, 3.63) is 91.3 Å². The van der Waals surface area contributed by atoms with Gasteiger partial charge in [-0.15, -0.1) is 0 Å². The molecule has 4 N–H and O–H groups in total. The summed E-state index contributed by atoms with van der Waals surface area (Å²) >= 11 is 19.7. The number of H-pyrrole nitrogens is 1. The summed E-state index contributed by atoms with van der Waals surface area (Å²) in [6.07, 6.45) is 4.70. The number of carbonyl (C=O) groups is 1. The third kappa shape index (κ3) is 6.30. The third-order valence-corrected chi connectivity index (χ3v) is 8.37. The molecule has 0 aliphatic heterocycles. The number of halogens is 3. The lowest BCUT2D eigenvalue weighted by Gasteiger charge is -2.28. The van der Waals surface area contributed by atoms with Crippen LogP contribution in [0, 0.1) is 0 Å². The van der Waals surface area contributed by atoms with Crippen LogP contribution in [0.4, 0.5) is 5.69 Å². The summed E-state index contributed by atoms with van der Waals surface area (Å²) in [6.45, 7) is 0.511. The normalized spacial score (nSPS) is 16.7. The minimum Gasteiger partial charge on any atom is -0.481 e. The second-order valence-electron chi connectivity index (χ2n) is 9.91. The highest BCUT2D eigenvalue weighted by atomic mass is 35.5. The second-order valence-corrected chi connectivity index (χ2v) is 11.1. The fourth-order valence-electron chi connectivity index (χ4n) is 5.07. The first-order valence-corrected chi connectivity index (χ1v) is 14.5. The van der Waals surface area contributed by atoms with Crippen molar-refractivity contribution in [2.45, 2.75) is 44.4 Å². The van der Waals surface area contributed by atoms with E-state index in [4.69, 9.17) is 44.5 Å². The first-order valence-electron chi connectivity index (χ1n) is 13.4. The van der Waals surface area contributed by atoms with E-state index in [0.29, 0.717) is 39.8 Å². The summed E-state index contributed by atoms with van der Waals surface area (Å²) in [7, 11) is 1.57. The molecule has 0 saturated heterocycles. The first-order chi connectivity index (χ1) is 20.3. The molecule has 1 aliphatic rings. The van der Waals surface area contributed by atoms with E-state index < -0.39 is 11.5 Å². The van der Waals surface area contributed by atoms with E-state index in [0.717, 1.165) is 31.2 Å². The van der Waals surface area contributed by atoms with Crippen molar-refractivity contribution in [1.29, 1.82) is 0 Å². The number of methoxy groups -OCH3 is 1. The maximum Gasteiger partial charge on any atom is 0.278 e. The van der Waals surface area contributed by atoms with Crippen LogP contribution in [0.2, 0.25) is 15.1 Å². The minimum atomic E-state index is -0.730. The van der Waals surface area contributed by atoms with Crippen molar-refractivity contribution in [2.75, 3.05) is 12.4 Å². The van der Waals surface area contributed by atoms with E-state index in [1.807, 2.05) is 30.3 Å². The topological polar surface area (TPSA) is 129 Å². The standard InChI is InChI=1S/C30H28Cl3N5O4/c1-42-30-16(14-34-22-9-2-3-11-24(22)39)12-13-21(37-30)19-8-4-6-17(26(19)32)18-7-5-10-23(27(18)33)36-28(40)25-20(31)15-35-38-29(25)41/h4-8,10,12-13,15,22,24,34,39H,2-3,9,11,14H2,1H3,(H,36,40)(H,38,41). The summed E-state index contributed by atoms with van der Waals surface area (Å²) < 4.78 is 5.60. The van der Waals surface area contributed by atoms with Crippen LogP contribution in [0.3, 0.4) is 0 Å². The number of rotatable bonds is 8. The Morgan fingerprint density at radius 2 is 1.74 bits per heavy atom. The van der Waals surface area contributed by atoms with E-state index in [2.05, 4.69) is 20.8 Å². The molecule has 1 saturated carbocycles. The zero-order valence-electron chi connectivity index (χ0n) is 22.6. The van der Waals surface area contributed by atoms with Gasteiger partial charge in [0.1, 0.15) is 5.56 Å². The Bertz CT molecular complexity index is 1680. The van der Waals surface area contributed by atoms with Crippen molar-refractivity contribution >= 4 is 46.4 Å². The number of hydrogen-bond donors (Lipinski definition) is 4. The van der Waals surface area contributed by atoms with E-state index >= 15 is 0 Å². The number of benzene rings is 2. The molecule has 0 radical (unpaired) electrons. The third-order valence-electron chi connectivity index (χ3n) is 7.27. The number of aliphatic hydroxyl groups is 1. The molecule has 1 aliphatic carbocycles. The number of amides is 1. The van der Waals surface area contributed by atoms with Gasteiger partial charge < -0.3 is 20.5 Å². The number of ether oxygens (including phenoxy) is 1. The Morgan fingerprint density at radius 1 is 1.02 bits per heavy atom. The Morgan fingerprint density at radius 3 is 2.48 bits per heavy atom. The number of nitrogens with one attached hydrogen (secondary N) is 3. The molecule has 0 spiro atoms. The second kappa shape index (κ2) is 13.2. The Labute approximate surface area is 257 Å². The lowest BCUT2D eigenvalue weighted by molar-refractivity contribution is 0.0901. The van der Waals surface area contributed by atoms with Gasteiger partial charge in [-0.25, -0.2) is 10.1 Å². The summed E-state index contributed by atoms with van der Waals surface area (Å²) in [5.74, 6) is -0.273. The molecule has 2 aromatic heterocycles. The zero-order valence-corrected chi connectivity index (χ0v) is 24.9. The van der Waals surface area contributed by atoms with Crippen molar-refractivity contribution in [1.82, 2.24) is 20.5 Å². The van der Waals surface area contributed by atoms with Gasteiger partial charge in [-0.2, -0.15) is 5.10 Å². The number of anilines is 1. The van der Waals surface area contributed by atoms with Crippen LogP contribution in [0.15, 0.2) is 59.5 Å². The van der Waals surface area contributed by atoms with Gasteiger partial charge in [0, 0.05) is 34.8 Å². The first kappa shape index (κ1) is 30.0. The van der Waals surface area contributed by atoms with Crippen LogP contribution in [0.1, 0.15) is 41.6 Å². The quantitative estimate of drug-likeness (QED) is 0.185. The van der Waals surface area contributed by atoms with Crippen molar-refractivity contribution in [2.24, 2.45) is 0 Å². The van der Waals surface area contributed by atoms with Crippen molar-refractivity contribution < 1.29 is 14.6 Å². The fourth-order valence-corrected chi connectivity index (χ4v) is 5.89. The maximum atomic E-state index is 12.8. The van der Waals surface area contributed by atoms with Gasteiger partial charge in [-0.3, -0.25) is 9.59 Å². The average Bonchev–Trinajstić information content (AvgIpc) is 2.98. The number of carbonyl (C=O) groups excluding carboxylic acids is 1. The molecule has 2 aromatic carbocycles. The monoisotopic (exact) mass is 627 g/mol.